The molecule has 0 aromatic carbocycles. The fraction of sp³-hybridized carbons (Fsp3) is 1.00. The van der Waals surface area contributed by atoms with Crippen molar-refractivity contribution in [3.63, 3.8) is 0 Å². The SMILES string of the molecule is CCC1(CNC2CCCC2O)CCCC1. The molecule has 88 valence electrons. The zero-order valence-electron chi connectivity index (χ0n) is 9.97. The Labute approximate surface area is 93.5 Å². The van der Waals surface area contributed by atoms with E-state index in [4.69, 9.17) is 0 Å². The highest BCUT2D eigenvalue weighted by Crippen LogP contribution is 2.40. The van der Waals surface area contributed by atoms with E-state index in [-0.39, 0.29) is 6.10 Å². The summed E-state index contributed by atoms with van der Waals surface area (Å²) in [6.45, 7) is 3.45. The molecule has 0 spiro atoms. The summed E-state index contributed by atoms with van der Waals surface area (Å²) >= 11 is 0. The first-order valence-corrected chi connectivity index (χ1v) is 6.67. The average molecular weight is 211 g/mol. The van der Waals surface area contributed by atoms with Gasteiger partial charge in [0.2, 0.25) is 0 Å². The van der Waals surface area contributed by atoms with E-state index in [0.717, 1.165) is 13.0 Å². The van der Waals surface area contributed by atoms with Crippen molar-refractivity contribution in [1.82, 2.24) is 5.32 Å². The molecule has 0 aliphatic heterocycles. The molecular formula is C13H25NO. The summed E-state index contributed by atoms with van der Waals surface area (Å²) < 4.78 is 0. The van der Waals surface area contributed by atoms with E-state index in [0.29, 0.717) is 11.5 Å². The third-order valence-corrected chi connectivity index (χ3v) is 4.63. The summed E-state index contributed by atoms with van der Waals surface area (Å²) in [7, 11) is 0. The first kappa shape index (κ1) is 11.4. The molecule has 2 nitrogen and oxygen atoms in total. The standard InChI is InChI=1S/C13H25NO/c1-2-13(8-3-4-9-13)10-14-11-6-5-7-12(11)15/h11-12,14-15H,2-10H2,1H3. The van der Waals surface area contributed by atoms with Gasteiger partial charge in [0.25, 0.3) is 0 Å². The van der Waals surface area contributed by atoms with Gasteiger partial charge in [-0.1, -0.05) is 19.8 Å². The van der Waals surface area contributed by atoms with Crippen LogP contribution in [0, 0.1) is 5.41 Å². The minimum atomic E-state index is -0.0830. The molecule has 0 amide bonds. The molecule has 0 aromatic heterocycles. The summed E-state index contributed by atoms with van der Waals surface area (Å²) in [6, 6.07) is 0.383. The molecular weight excluding hydrogens is 186 g/mol. The summed E-state index contributed by atoms with van der Waals surface area (Å²) in [5, 5.41) is 13.4. The fourth-order valence-corrected chi connectivity index (χ4v) is 3.31. The number of hydrogen-bond acceptors (Lipinski definition) is 2. The van der Waals surface area contributed by atoms with Crippen LogP contribution in [0.4, 0.5) is 0 Å². The van der Waals surface area contributed by atoms with Crippen LogP contribution < -0.4 is 5.32 Å². The highest BCUT2D eigenvalue weighted by atomic mass is 16.3. The molecule has 15 heavy (non-hydrogen) atoms. The Bertz CT molecular complexity index is 199. The van der Waals surface area contributed by atoms with Crippen molar-refractivity contribution in [3.05, 3.63) is 0 Å². The maximum Gasteiger partial charge on any atom is 0.0693 e. The van der Waals surface area contributed by atoms with Gasteiger partial charge in [-0.25, -0.2) is 0 Å². The number of nitrogens with one attached hydrogen (secondary N) is 1. The van der Waals surface area contributed by atoms with Crippen molar-refractivity contribution in [2.75, 3.05) is 6.54 Å². The van der Waals surface area contributed by atoms with Gasteiger partial charge >= 0.3 is 0 Å². The van der Waals surface area contributed by atoms with E-state index in [2.05, 4.69) is 12.2 Å². The lowest BCUT2D eigenvalue weighted by atomic mass is 9.83. The van der Waals surface area contributed by atoms with Crippen molar-refractivity contribution in [1.29, 1.82) is 0 Å². The first-order valence-electron chi connectivity index (χ1n) is 6.67. The molecule has 2 aliphatic rings. The van der Waals surface area contributed by atoms with Crippen molar-refractivity contribution in [3.8, 4) is 0 Å². The lowest BCUT2D eigenvalue weighted by Gasteiger charge is -2.30. The van der Waals surface area contributed by atoms with Crippen LogP contribution in [0.5, 0.6) is 0 Å². The maximum absolute atomic E-state index is 9.76. The molecule has 2 fully saturated rings. The van der Waals surface area contributed by atoms with Crippen molar-refractivity contribution >= 4 is 0 Å². The molecule has 2 N–H and O–H groups in total. The van der Waals surface area contributed by atoms with Gasteiger partial charge in [0.15, 0.2) is 0 Å². The van der Waals surface area contributed by atoms with E-state index in [1.165, 1.54) is 44.9 Å². The Morgan fingerprint density at radius 3 is 2.47 bits per heavy atom. The fourth-order valence-electron chi connectivity index (χ4n) is 3.31. The number of aliphatic hydroxyl groups is 1. The van der Waals surface area contributed by atoms with Crippen LogP contribution in [0.15, 0.2) is 0 Å². The van der Waals surface area contributed by atoms with E-state index in [1.54, 1.807) is 0 Å². The number of aliphatic hydroxyl groups excluding tert-OH is 1. The van der Waals surface area contributed by atoms with Crippen molar-refractivity contribution < 1.29 is 5.11 Å². The van der Waals surface area contributed by atoms with Crippen LogP contribution in [0.3, 0.4) is 0 Å². The third kappa shape index (κ3) is 2.54. The van der Waals surface area contributed by atoms with Gasteiger partial charge in [0.1, 0.15) is 0 Å². The van der Waals surface area contributed by atoms with Crippen LogP contribution in [0.25, 0.3) is 0 Å². The molecule has 2 rings (SSSR count). The number of hydrogen-bond donors (Lipinski definition) is 2. The molecule has 2 heteroatoms. The summed E-state index contributed by atoms with van der Waals surface area (Å²) in [4.78, 5) is 0. The Morgan fingerprint density at radius 2 is 1.93 bits per heavy atom. The molecule has 0 heterocycles. The van der Waals surface area contributed by atoms with Crippen molar-refractivity contribution in [2.24, 2.45) is 5.41 Å². The Morgan fingerprint density at radius 1 is 1.20 bits per heavy atom. The normalized spacial score (nSPS) is 34.8. The van der Waals surface area contributed by atoms with Gasteiger partial charge in [-0.15, -0.1) is 0 Å². The van der Waals surface area contributed by atoms with E-state index < -0.39 is 0 Å². The van der Waals surface area contributed by atoms with E-state index in [1.807, 2.05) is 0 Å². The lowest BCUT2D eigenvalue weighted by Crippen LogP contribution is -2.42. The van der Waals surface area contributed by atoms with Gasteiger partial charge in [-0.2, -0.15) is 0 Å². The van der Waals surface area contributed by atoms with Crippen molar-refractivity contribution in [2.45, 2.75) is 70.4 Å². The minimum Gasteiger partial charge on any atom is -0.392 e. The molecule has 0 saturated heterocycles. The second-order valence-corrected chi connectivity index (χ2v) is 5.55. The van der Waals surface area contributed by atoms with Crippen LogP contribution in [-0.2, 0) is 0 Å². The Balaban J connectivity index is 1.80. The largest absolute Gasteiger partial charge is 0.392 e. The smallest absolute Gasteiger partial charge is 0.0693 e. The van der Waals surface area contributed by atoms with Gasteiger partial charge < -0.3 is 10.4 Å². The molecule has 2 atom stereocenters. The number of rotatable bonds is 4. The predicted molar refractivity (Wildman–Crippen MR) is 62.8 cm³/mol. The summed E-state index contributed by atoms with van der Waals surface area (Å²) in [5.74, 6) is 0. The molecule has 0 aromatic rings. The van der Waals surface area contributed by atoms with E-state index >= 15 is 0 Å². The van der Waals surface area contributed by atoms with E-state index in [9.17, 15) is 5.11 Å². The second kappa shape index (κ2) is 4.84. The van der Waals surface area contributed by atoms with Gasteiger partial charge in [-0.3, -0.25) is 0 Å². The average Bonchev–Trinajstić information content (AvgIpc) is 2.85. The molecule has 0 bridgehead atoms. The first-order chi connectivity index (χ1) is 7.26. The zero-order chi connectivity index (χ0) is 10.7. The Kier molecular flexibility index (Phi) is 3.68. The predicted octanol–water partition coefficient (Wildman–Crippen LogP) is 2.46. The minimum absolute atomic E-state index is 0.0830. The highest BCUT2D eigenvalue weighted by Gasteiger charge is 2.33. The molecule has 0 radical (unpaired) electrons. The topological polar surface area (TPSA) is 32.3 Å². The van der Waals surface area contributed by atoms with Crippen LogP contribution in [0.2, 0.25) is 0 Å². The highest BCUT2D eigenvalue weighted by molar-refractivity contribution is 4.89. The quantitative estimate of drug-likeness (QED) is 0.748. The molecule has 2 unspecified atom stereocenters. The lowest BCUT2D eigenvalue weighted by molar-refractivity contribution is 0.137. The third-order valence-electron chi connectivity index (χ3n) is 4.63. The maximum atomic E-state index is 9.76. The zero-order valence-corrected chi connectivity index (χ0v) is 9.97. The van der Waals surface area contributed by atoms with Crippen LogP contribution in [0.1, 0.15) is 58.3 Å². The summed E-state index contributed by atoms with van der Waals surface area (Å²) in [5.41, 5.74) is 0.558. The Hall–Kier alpha value is -0.0800. The van der Waals surface area contributed by atoms with Gasteiger partial charge in [-0.05, 0) is 43.9 Å². The van der Waals surface area contributed by atoms with Crippen LogP contribution >= 0.6 is 0 Å². The van der Waals surface area contributed by atoms with Gasteiger partial charge in [0, 0.05) is 12.6 Å². The second-order valence-electron chi connectivity index (χ2n) is 5.55. The monoisotopic (exact) mass is 211 g/mol. The van der Waals surface area contributed by atoms with Crippen LogP contribution in [-0.4, -0.2) is 23.8 Å². The molecule has 2 saturated carbocycles. The molecule has 2 aliphatic carbocycles. The van der Waals surface area contributed by atoms with Gasteiger partial charge in [0.05, 0.1) is 6.10 Å². The summed E-state index contributed by atoms with van der Waals surface area (Å²) in [6.07, 6.45) is 10.2.